The smallest absolute Gasteiger partial charge is 0.358 e. The summed E-state index contributed by atoms with van der Waals surface area (Å²) in [5.41, 5.74) is 0. The van der Waals surface area contributed by atoms with E-state index in [-0.39, 0.29) is 14.9 Å². The van der Waals surface area contributed by atoms with E-state index in [2.05, 4.69) is 4.98 Å². The zero-order valence-corrected chi connectivity index (χ0v) is 12.3. The molecule has 0 bridgehead atoms. The van der Waals surface area contributed by atoms with E-state index in [9.17, 15) is 18.5 Å². The topological polar surface area (TPSA) is 95.1 Å². The van der Waals surface area contributed by atoms with Crippen molar-refractivity contribution in [2.45, 2.75) is 9.92 Å². The summed E-state index contributed by atoms with van der Waals surface area (Å²) in [5.74, 6) is -0.775. The maximum absolute atomic E-state index is 12.5. The van der Waals surface area contributed by atoms with Crippen LogP contribution < -0.4 is 0 Å². The number of nitro groups is 1. The summed E-state index contributed by atoms with van der Waals surface area (Å²) in [7, 11) is -2.94. The molecule has 0 aliphatic rings. The van der Waals surface area contributed by atoms with Gasteiger partial charge < -0.3 is 10.1 Å². The Labute approximate surface area is 123 Å². The standard InChI is InChI=1S/C10H7Cl2N3O4S/c1-14-5-13-9(15(16)17)10(14)20(18,19)8-6(11)3-2-4-7(8)12/h2-5H,1H3. The first-order valence-electron chi connectivity index (χ1n) is 5.11. The molecule has 0 saturated carbocycles. The van der Waals surface area contributed by atoms with Gasteiger partial charge in [-0.2, -0.15) is 0 Å². The molecule has 1 heterocycles. The minimum atomic E-state index is -4.27. The lowest BCUT2D eigenvalue weighted by Crippen LogP contribution is -2.10. The van der Waals surface area contributed by atoms with E-state index < -0.39 is 25.6 Å². The van der Waals surface area contributed by atoms with Crippen LogP contribution in [0.5, 0.6) is 0 Å². The molecule has 0 fully saturated rings. The average molecular weight is 336 g/mol. The number of sulfone groups is 1. The lowest BCUT2D eigenvalue weighted by Gasteiger charge is -2.08. The summed E-state index contributed by atoms with van der Waals surface area (Å²) >= 11 is 11.7. The summed E-state index contributed by atoms with van der Waals surface area (Å²) in [6, 6.07) is 4.15. The van der Waals surface area contributed by atoms with E-state index in [4.69, 9.17) is 23.2 Å². The SMILES string of the molecule is Cn1cnc([N+](=O)[O-])c1S(=O)(=O)c1c(Cl)cccc1Cl. The Morgan fingerprint density at radius 3 is 2.35 bits per heavy atom. The largest absolute Gasteiger partial charge is 0.401 e. The van der Waals surface area contributed by atoms with Crippen LogP contribution in [0.25, 0.3) is 0 Å². The van der Waals surface area contributed by atoms with E-state index in [0.717, 1.165) is 10.9 Å². The van der Waals surface area contributed by atoms with Crippen molar-refractivity contribution in [2.75, 3.05) is 0 Å². The fraction of sp³-hybridized carbons (Fsp3) is 0.100. The Hall–Kier alpha value is -1.64. The van der Waals surface area contributed by atoms with Crippen molar-refractivity contribution >= 4 is 38.9 Å². The first-order valence-corrected chi connectivity index (χ1v) is 7.35. The molecule has 20 heavy (non-hydrogen) atoms. The zero-order valence-electron chi connectivity index (χ0n) is 9.95. The summed E-state index contributed by atoms with van der Waals surface area (Å²) < 4.78 is 26.1. The Kier molecular flexibility index (Phi) is 3.72. The number of benzene rings is 1. The molecule has 0 aliphatic heterocycles. The Morgan fingerprint density at radius 2 is 1.85 bits per heavy atom. The Bertz CT molecular complexity index is 781. The summed E-state index contributed by atoms with van der Waals surface area (Å²) in [5, 5.41) is 10.1. The second-order valence-corrected chi connectivity index (χ2v) is 6.41. The van der Waals surface area contributed by atoms with Crippen molar-refractivity contribution in [1.29, 1.82) is 0 Å². The van der Waals surface area contributed by atoms with Gasteiger partial charge in [-0.15, -0.1) is 0 Å². The van der Waals surface area contributed by atoms with E-state index in [0.29, 0.717) is 0 Å². The highest BCUT2D eigenvalue weighted by atomic mass is 35.5. The molecule has 0 unspecified atom stereocenters. The molecular weight excluding hydrogens is 329 g/mol. The van der Waals surface area contributed by atoms with Gasteiger partial charge in [-0.05, 0) is 22.0 Å². The van der Waals surface area contributed by atoms with Crippen LogP contribution >= 0.6 is 23.2 Å². The average Bonchev–Trinajstić information content (AvgIpc) is 2.71. The highest BCUT2D eigenvalue weighted by Gasteiger charge is 2.35. The van der Waals surface area contributed by atoms with Gasteiger partial charge in [0.25, 0.3) is 0 Å². The Morgan fingerprint density at radius 1 is 1.30 bits per heavy atom. The van der Waals surface area contributed by atoms with Gasteiger partial charge >= 0.3 is 5.82 Å². The Balaban J connectivity index is 2.81. The molecule has 0 saturated heterocycles. The minimum Gasteiger partial charge on any atom is -0.358 e. The third-order valence-electron chi connectivity index (χ3n) is 2.48. The highest BCUT2D eigenvalue weighted by Crippen LogP contribution is 2.36. The number of imidazole rings is 1. The zero-order chi connectivity index (χ0) is 15.1. The second kappa shape index (κ2) is 5.04. The van der Waals surface area contributed by atoms with Crippen molar-refractivity contribution in [2.24, 2.45) is 7.05 Å². The predicted octanol–water partition coefficient (Wildman–Crippen LogP) is 2.47. The highest BCUT2D eigenvalue weighted by molar-refractivity contribution is 7.91. The van der Waals surface area contributed by atoms with Crippen LogP contribution in [0.4, 0.5) is 5.82 Å². The quantitative estimate of drug-likeness (QED) is 0.634. The number of rotatable bonds is 3. The van der Waals surface area contributed by atoms with E-state index in [1.54, 1.807) is 0 Å². The van der Waals surface area contributed by atoms with E-state index in [1.165, 1.54) is 25.2 Å². The first-order chi connectivity index (χ1) is 9.26. The second-order valence-electron chi connectivity index (χ2n) is 3.80. The lowest BCUT2D eigenvalue weighted by atomic mass is 10.4. The lowest BCUT2D eigenvalue weighted by molar-refractivity contribution is -0.392. The normalized spacial score (nSPS) is 11.6. The van der Waals surface area contributed by atoms with Gasteiger partial charge in [0, 0.05) is 7.05 Å². The van der Waals surface area contributed by atoms with Gasteiger partial charge in [0.05, 0.1) is 10.0 Å². The van der Waals surface area contributed by atoms with Gasteiger partial charge in [0.2, 0.25) is 21.2 Å². The molecule has 1 aromatic carbocycles. The van der Waals surface area contributed by atoms with E-state index in [1.807, 2.05) is 0 Å². The molecule has 10 heteroatoms. The van der Waals surface area contributed by atoms with Crippen molar-refractivity contribution in [3.05, 3.63) is 44.7 Å². The molecule has 106 valence electrons. The molecule has 0 atom stereocenters. The third-order valence-corrected chi connectivity index (χ3v) is 5.29. The molecule has 2 aromatic rings. The molecule has 0 radical (unpaired) electrons. The van der Waals surface area contributed by atoms with Crippen LogP contribution in [0.1, 0.15) is 0 Å². The van der Waals surface area contributed by atoms with Crippen LogP contribution in [-0.2, 0) is 16.9 Å². The predicted molar refractivity (Wildman–Crippen MR) is 71.8 cm³/mol. The summed E-state index contributed by atoms with van der Waals surface area (Å²) in [4.78, 5) is 13.1. The van der Waals surface area contributed by atoms with E-state index >= 15 is 0 Å². The molecule has 1 aromatic heterocycles. The van der Waals surface area contributed by atoms with Crippen molar-refractivity contribution in [3.63, 3.8) is 0 Å². The van der Waals surface area contributed by atoms with Gasteiger partial charge in [-0.3, -0.25) is 4.57 Å². The number of halogens is 2. The third kappa shape index (κ3) is 2.26. The number of hydrogen-bond donors (Lipinski definition) is 0. The van der Waals surface area contributed by atoms with Crippen LogP contribution in [0.2, 0.25) is 10.0 Å². The summed E-state index contributed by atoms with van der Waals surface area (Å²) in [6.45, 7) is 0. The van der Waals surface area contributed by atoms with Crippen LogP contribution in [0.3, 0.4) is 0 Å². The van der Waals surface area contributed by atoms with Gasteiger partial charge in [-0.25, -0.2) is 8.42 Å². The van der Waals surface area contributed by atoms with Crippen molar-refractivity contribution in [3.8, 4) is 0 Å². The molecule has 2 rings (SSSR count). The fourth-order valence-corrected chi connectivity index (χ4v) is 4.32. The van der Waals surface area contributed by atoms with Crippen LogP contribution in [0.15, 0.2) is 34.4 Å². The number of nitrogens with zero attached hydrogens (tertiary/aromatic N) is 3. The van der Waals surface area contributed by atoms with Crippen LogP contribution in [0, 0.1) is 10.1 Å². The van der Waals surface area contributed by atoms with Gasteiger partial charge in [0.1, 0.15) is 4.90 Å². The van der Waals surface area contributed by atoms with Crippen molar-refractivity contribution < 1.29 is 13.3 Å². The fourth-order valence-electron chi connectivity index (χ4n) is 1.68. The molecular formula is C10H7Cl2N3O4S. The maximum atomic E-state index is 12.5. The molecule has 0 amide bonds. The molecule has 0 aliphatic carbocycles. The van der Waals surface area contributed by atoms with Gasteiger partial charge in [0.15, 0.2) is 0 Å². The molecule has 0 spiro atoms. The number of aromatic nitrogens is 2. The molecule has 0 N–H and O–H groups in total. The molecule has 7 nitrogen and oxygen atoms in total. The van der Waals surface area contributed by atoms with Gasteiger partial charge in [-0.1, -0.05) is 29.3 Å². The number of aryl methyl sites for hydroxylation is 1. The monoisotopic (exact) mass is 335 g/mol. The summed E-state index contributed by atoms with van der Waals surface area (Å²) in [6.07, 6.45) is 1.04. The first kappa shape index (κ1) is 14.8. The number of hydrogen-bond acceptors (Lipinski definition) is 5. The maximum Gasteiger partial charge on any atom is 0.401 e. The van der Waals surface area contributed by atoms with Crippen molar-refractivity contribution in [1.82, 2.24) is 9.55 Å². The minimum absolute atomic E-state index is 0.118. The van der Waals surface area contributed by atoms with Crippen LogP contribution in [-0.4, -0.2) is 22.9 Å².